The van der Waals surface area contributed by atoms with Crippen LogP contribution < -0.4 is 9.61 Å². The number of rotatable bonds is 6. The Kier molecular flexibility index (Phi) is 5.39. The predicted octanol–water partition coefficient (Wildman–Crippen LogP) is 0.0179. The highest BCUT2D eigenvalue weighted by atomic mass is 32.2. The smallest absolute Gasteiger partial charge is 0.286 e. The van der Waals surface area contributed by atoms with E-state index in [2.05, 4.69) is 4.72 Å². The third-order valence-corrected chi connectivity index (χ3v) is 1.93. The number of nitrogens with one attached hydrogen (secondary N) is 2. The fourth-order valence-electron chi connectivity index (χ4n) is 0.498. The summed E-state index contributed by atoms with van der Waals surface area (Å²) >= 11 is 0. The lowest BCUT2D eigenvalue weighted by Gasteiger charge is -2.08. The van der Waals surface area contributed by atoms with E-state index in [1.165, 1.54) is 0 Å². The van der Waals surface area contributed by atoms with Gasteiger partial charge in [0, 0.05) is 6.54 Å². The van der Waals surface area contributed by atoms with E-state index in [0.717, 1.165) is 0 Å². The Bertz CT molecular complexity index is 201. The van der Waals surface area contributed by atoms with Crippen LogP contribution in [0.1, 0.15) is 20.8 Å². The number of hydrogen-bond donors (Lipinski definition) is 2. The van der Waals surface area contributed by atoms with Crippen LogP contribution in [0.15, 0.2) is 0 Å². The molecule has 0 unspecified atom stereocenters. The first kappa shape index (κ1) is 11.8. The summed E-state index contributed by atoms with van der Waals surface area (Å²) in [5.41, 5.74) is 0. The molecule has 74 valence electrons. The SMILES string of the molecule is CCNS(=O)(=O)NOCC(C)C. The van der Waals surface area contributed by atoms with Gasteiger partial charge in [0.2, 0.25) is 0 Å². The molecule has 0 spiro atoms. The molecule has 0 atom stereocenters. The maximum absolute atomic E-state index is 10.9. The van der Waals surface area contributed by atoms with Crippen molar-refractivity contribution < 1.29 is 13.3 Å². The minimum atomic E-state index is -3.45. The molecule has 0 aromatic carbocycles. The molecule has 6 heteroatoms. The molecule has 0 saturated heterocycles. The van der Waals surface area contributed by atoms with E-state index >= 15 is 0 Å². The van der Waals surface area contributed by atoms with Crippen LogP contribution in [0.4, 0.5) is 0 Å². The lowest BCUT2D eigenvalue weighted by Crippen LogP contribution is -2.36. The van der Waals surface area contributed by atoms with Crippen LogP contribution in [0.3, 0.4) is 0 Å². The normalized spacial score (nSPS) is 12.3. The topological polar surface area (TPSA) is 67.4 Å². The minimum absolute atomic E-state index is 0.300. The zero-order valence-electron chi connectivity index (χ0n) is 7.62. The van der Waals surface area contributed by atoms with Crippen molar-refractivity contribution in [2.45, 2.75) is 20.8 Å². The molecule has 12 heavy (non-hydrogen) atoms. The van der Waals surface area contributed by atoms with Crippen LogP contribution in [0.2, 0.25) is 0 Å². The Hall–Kier alpha value is -0.170. The summed E-state index contributed by atoms with van der Waals surface area (Å²) < 4.78 is 24.0. The van der Waals surface area contributed by atoms with Gasteiger partial charge in [0.15, 0.2) is 0 Å². The van der Waals surface area contributed by atoms with Crippen molar-refractivity contribution in [1.29, 1.82) is 0 Å². The first-order chi connectivity index (χ1) is 5.48. The molecular weight excluding hydrogens is 180 g/mol. The highest BCUT2D eigenvalue weighted by molar-refractivity contribution is 7.87. The average Bonchev–Trinajstić information content (AvgIpc) is 1.85. The molecule has 0 amide bonds. The zero-order chi connectivity index (χ0) is 9.61. The Balaban J connectivity index is 3.62. The van der Waals surface area contributed by atoms with Gasteiger partial charge in [0.05, 0.1) is 6.61 Å². The monoisotopic (exact) mass is 196 g/mol. The van der Waals surface area contributed by atoms with Crippen molar-refractivity contribution in [3.05, 3.63) is 0 Å². The highest BCUT2D eigenvalue weighted by Crippen LogP contribution is 1.90. The van der Waals surface area contributed by atoms with Gasteiger partial charge in [-0.05, 0) is 5.92 Å². The molecule has 0 rings (SSSR count). The van der Waals surface area contributed by atoms with Crippen molar-refractivity contribution >= 4 is 10.2 Å². The highest BCUT2D eigenvalue weighted by Gasteiger charge is 2.06. The van der Waals surface area contributed by atoms with Crippen molar-refractivity contribution in [2.75, 3.05) is 13.2 Å². The quantitative estimate of drug-likeness (QED) is 0.588. The molecule has 0 aliphatic heterocycles. The van der Waals surface area contributed by atoms with Crippen molar-refractivity contribution in [2.24, 2.45) is 5.92 Å². The average molecular weight is 196 g/mol. The molecule has 2 N–H and O–H groups in total. The van der Waals surface area contributed by atoms with Crippen LogP contribution in [-0.4, -0.2) is 21.6 Å². The molecule has 0 saturated carbocycles. The summed E-state index contributed by atoms with van der Waals surface area (Å²) in [5, 5.41) is 0. The Morgan fingerprint density at radius 3 is 2.42 bits per heavy atom. The van der Waals surface area contributed by atoms with Gasteiger partial charge in [-0.1, -0.05) is 25.7 Å². The van der Waals surface area contributed by atoms with Crippen LogP contribution in [0.25, 0.3) is 0 Å². The van der Waals surface area contributed by atoms with Crippen molar-refractivity contribution in [3.8, 4) is 0 Å². The van der Waals surface area contributed by atoms with Crippen LogP contribution in [0, 0.1) is 5.92 Å². The molecule has 0 heterocycles. The molecule has 0 aliphatic carbocycles. The second kappa shape index (κ2) is 5.47. The second-order valence-corrected chi connectivity index (χ2v) is 4.25. The largest absolute Gasteiger partial charge is 0.299 e. The Labute approximate surface area is 73.6 Å². The first-order valence-corrected chi connectivity index (χ1v) is 5.34. The van der Waals surface area contributed by atoms with Gasteiger partial charge in [-0.25, -0.2) is 4.72 Å². The van der Waals surface area contributed by atoms with Gasteiger partial charge < -0.3 is 0 Å². The van der Waals surface area contributed by atoms with Gasteiger partial charge in [0.1, 0.15) is 0 Å². The van der Waals surface area contributed by atoms with Gasteiger partial charge in [-0.3, -0.25) is 4.84 Å². The van der Waals surface area contributed by atoms with Gasteiger partial charge in [-0.2, -0.15) is 8.42 Å². The maximum Gasteiger partial charge on any atom is 0.299 e. The van der Waals surface area contributed by atoms with Gasteiger partial charge in [-0.15, -0.1) is 0 Å². The van der Waals surface area contributed by atoms with Crippen molar-refractivity contribution in [3.63, 3.8) is 0 Å². The Morgan fingerprint density at radius 2 is 2.00 bits per heavy atom. The zero-order valence-corrected chi connectivity index (χ0v) is 8.44. The summed E-state index contributed by atoms with van der Waals surface area (Å²) in [5.74, 6) is 0.300. The standard InChI is InChI=1S/C6H16N2O3S/c1-4-7-12(9,10)8-11-5-6(2)3/h6-8H,4-5H2,1-3H3. The fraction of sp³-hybridized carbons (Fsp3) is 1.00. The van der Waals surface area contributed by atoms with Gasteiger partial charge >= 0.3 is 0 Å². The third kappa shape index (κ3) is 6.53. The fourth-order valence-corrected chi connectivity index (χ4v) is 1.16. The summed E-state index contributed by atoms with van der Waals surface area (Å²) in [6, 6.07) is 0. The molecule has 0 fully saturated rings. The van der Waals surface area contributed by atoms with Crippen LogP contribution >= 0.6 is 0 Å². The second-order valence-electron chi connectivity index (χ2n) is 2.79. The van der Waals surface area contributed by atoms with Crippen LogP contribution in [-0.2, 0) is 15.0 Å². The van der Waals surface area contributed by atoms with Crippen molar-refractivity contribution in [1.82, 2.24) is 9.61 Å². The lowest BCUT2D eigenvalue weighted by molar-refractivity contribution is 0.0711. The lowest BCUT2D eigenvalue weighted by atomic mass is 10.2. The van der Waals surface area contributed by atoms with E-state index in [1.54, 1.807) is 6.92 Å². The minimum Gasteiger partial charge on any atom is -0.286 e. The molecule has 0 aromatic heterocycles. The van der Waals surface area contributed by atoms with E-state index in [4.69, 9.17) is 4.84 Å². The van der Waals surface area contributed by atoms with Gasteiger partial charge in [0.25, 0.3) is 10.2 Å². The van der Waals surface area contributed by atoms with E-state index in [-0.39, 0.29) is 0 Å². The molecule has 0 radical (unpaired) electrons. The molecule has 5 nitrogen and oxygen atoms in total. The Morgan fingerprint density at radius 1 is 1.42 bits per heavy atom. The summed E-state index contributed by atoms with van der Waals surface area (Å²) in [4.78, 5) is 6.66. The first-order valence-electron chi connectivity index (χ1n) is 3.86. The molecule has 0 bridgehead atoms. The molecule has 0 aliphatic rings. The molecule has 0 aromatic rings. The molecular formula is C6H16N2O3S. The predicted molar refractivity (Wildman–Crippen MR) is 46.5 cm³/mol. The van der Waals surface area contributed by atoms with E-state index in [1.807, 2.05) is 18.7 Å². The third-order valence-electron chi connectivity index (χ3n) is 0.920. The summed E-state index contributed by atoms with van der Waals surface area (Å²) in [7, 11) is -3.45. The summed E-state index contributed by atoms with van der Waals surface area (Å²) in [6.45, 7) is 6.27. The number of hydrogen-bond acceptors (Lipinski definition) is 3. The summed E-state index contributed by atoms with van der Waals surface area (Å²) in [6.07, 6.45) is 0. The van der Waals surface area contributed by atoms with E-state index in [9.17, 15) is 8.42 Å². The van der Waals surface area contributed by atoms with Crippen LogP contribution in [0.5, 0.6) is 0 Å². The van der Waals surface area contributed by atoms with E-state index in [0.29, 0.717) is 19.1 Å². The van der Waals surface area contributed by atoms with E-state index < -0.39 is 10.2 Å². The maximum atomic E-state index is 10.9.